The predicted molar refractivity (Wildman–Crippen MR) is 80.3 cm³/mol. The Morgan fingerprint density at radius 2 is 2.10 bits per heavy atom. The minimum absolute atomic E-state index is 0.354. The quantitative estimate of drug-likeness (QED) is 0.688. The minimum Gasteiger partial charge on any atom is -0.368 e. The molecule has 0 saturated heterocycles. The first kappa shape index (κ1) is 16.7. The van der Waals surface area contributed by atoms with Crippen molar-refractivity contribution in [3.63, 3.8) is 0 Å². The fraction of sp³-hybridized carbons (Fsp3) is 0.714. The highest BCUT2D eigenvalue weighted by atomic mass is 16.1. The van der Waals surface area contributed by atoms with Crippen LogP contribution >= 0.6 is 0 Å². The number of hydrogen-bond donors (Lipinski definition) is 2. The van der Waals surface area contributed by atoms with Gasteiger partial charge in [-0.15, -0.1) is 0 Å². The Hall–Kier alpha value is -1.40. The smallest absolute Gasteiger partial charge is 0.239 e. The van der Waals surface area contributed by atoms with Crippen LogP contribution in [0.5, 0.6) is 0 Å². The summed E-state index contributed by atoms with van der Waals surface area (Å²) in [5, 5.41) is 7.62. The van der Waals surface area contributed by atoms with Crippen molar-refractivity contribution < 1.29 is 4.79 Å². The van der Waals surface area contributed by atoms with Crippen molar-refractivity contribution in [1.82, 2.24) is 20.0 Å². The third kappa shape index (κ3) is 4.31. The highest BCUT2D eigenvalue weighted by Gasteiger charge is 2.22. The monoisotopic (exact) mass is 281 g/mol. The first-order valence-corrected chi connectivity index (χ1v) is 7.30. The lowest BCUT2D eigenvalue weighted by Crippen LogP contribution is -2.39. The average molecular weight is 281 g/mol. The normalized spacial score (nSPS) is 12.8. The molecule has 0 aliphatic heterocycles. The number of carbonyl (C=O) groups is 1. The first-order chi connectivity index (χ1) is 9.53. The molecule has 0 radical (unpaired) electrons. The van der Waals surface area contributed by atoms with Crippen LogP contribution < -0.4 is 11.1 Å². The lowest BCUT2D eigenvalue weighted by atomic mass is 10.1. The van der Waals surface area contributed by atoms with Gasteiger partial charge in [0.1, 0.15) is 6.04 Å². The Kier molecular flexibility index (Phi) is 6.67. The van der Waals surface area contributed by atoms with Gasteiger partial charge < -0.3 is 16.0 Å². The molecular weight excluding hydrogens is 254 g/mol. The third-order valence-corrected chi connectivity index (χ3v) is 3.54. The van der Waals surface area contributed by atoms with Crippen LogP contribution in [0.15, 0.2) is 6.20 Å². The number of amides is 1. The van der Waals surface area contributed by atoms with Crippen LogP contribution in [0.1, 0.15) is 38.1 Å². The molecule has 114 valence electrons. The van der Waals surface area contributed by atoms with E-state index in [1.54, 1.807) is 4.68 Å². The summed E-state index contributed by atoms with van der Waals surface area (Å²) in [6.45, 7) is 9.93. The van der Waals surface area contributed by atoms with Crippen molar-refractivity contribution in [2.24, 2.45) is 12.8 Å². The van der Waals surface area contributed by atoms with E-state index >= 15 is 0 Å². The number of aromatic nitrogens is 2. The van der Waals surface area contributed by atoms with E-state index in [1.807, 2.05) is 20.2 Å². The Bertz CT molecular complexity index is 425. The second kappa shape index (κ2) is 8.01. The van der Waals surface area contributed by atoms with E-state index in [4.69, 9.17) is 5.73 Å². The molecule has 0 spiro atoms. The van der Waals surface area contributed by atoms with Gasteiger partial charge in [-0.2, -0.15) is 5.10 Å². The fourth-order valence-corrected chi connectivity index (χ4v) is 2.34. The maximum absolute atomic E-state index is 11.7. The lowest BCUT2D eigenvalue weighted by Gasteiger charge is -2.21. The second-order valence-corrected chi connectivity index (χ2v) is 4.87. The number of primary amides is 1. The van der Waals surface area contributed by atoms with Gasteiger partial charge in [0.2, 0.25) is 5.91 Å². The van der Waals surface area contributed by atoms with E-state index < -0.39 is 6.04 Å². The highest BCUT2D eigenvalue weighted by molar-refractivity contribution is 5.81. The Balaban J connectivity index is 2.72. The van der Waals surface area contributed by atoms with E-state index in [0.717, 1.165) is 43.9 Å². The van der Waals surface area contributed by atoms with E-state index in [9.17, 15) is 4.79 Å². The van der Waals surface area contributed by atoms with Crippen LogP contribution in [-0.2, 0) is 18.3 Å². The molecule has 0 aromatic carbocycles. The predicted octanol–water partition coefficient (Wildman–Crippen LogP) is 0.440. The third-order valence-electron chi connectivity index (χ3n) is 3.54. The molecule has 1 amide bonds. The molecule has 0 aliphatic carbocycles. The van der Waals surface area contributed by atoms with Gasteiger partial charge in [0.05, 0.1) is 5.69 Å². The summed E-state index contributed by atoms with van der Waals surface area (Å²) in [5.41, 5.74) is 7.34. The average Bonchev–Trinajstić information content (AvgIpc) is 2.79. The summed E-state index contributed by atoms with van der Waals surface area (Å²) in [4.78, 5) is 14.0. The number of rotatable bonds is 9. The van der Waals surface area contributed by atoms with Crippen molar-refractivity contribution in [2.75, 3.05) is 26.2 Å². The van der Waals surface area contributed by atoms with Crippen LogP contribution in [0.4, 0.5) is 0 Å². The standard InChI is InChI=1S/C14H27N5O/c1-5-12-11(10-18(4)17-12)13(14(15)20)16-8-9-19(6-2)7-3/h10,13,16H,5-9H2,1-4H3,(H2,15,20). The topological polar surface area (TPSA) is 76.2 Å². The SMILES string of the molecule is CCc1nn(C)cc1C(NCCN(CC)CC)C(N)=O. The van der Waals surface area contributed by atoms with Gasteiger partial charge in [-0.25, -0.2) is 0 Å². The molecule has 6 nitrogen and oxygen atoms in total. The summed E-state index contributed by atoms with van der Waals surface area (Å²) >= 11 is 0. The van der Waals surface area contributed by atoms with Gasteiger partial charge in [0.15, 0.2) is 0 Å². The zero-order valence-electron chi connectivity index (χ0n) is 13.0. The van der Waals surface area contributed by atoms with E-state index in [-0.39, 0.29) is 5.91 Å². The Labute approximate surface area is 121 Å². The van der Waals surface area contributed by atoms with E-state index in [2.05, 4.69) is 29.2 Å². The van der Waals surface area contributed by atoms with Gasteiger partial charge in [-0.3, -0.25) is 9.48 Å². The molecule has 20 heavy (non-hydrogen) atoms. The van der Waals surface area contributed by atoms with Crippen molar-refractivity contribution in [2.45, 2.75) is 33.2 Å². The summed E-state index contributed by atoms with van der Waals surface area (Å²) in [6.07, 6.45) is 2.66. The number of likely N-dealkylation sites (N-methyl/N-ethyl adjacent to an activating group) is 1. The lowest BCUT2D eigenvalue weighted by molar-refractivity contribution is -0.120. The molecule has 6 heteroatoms. The van der Waals surface area contributed by atoms with Crippen LogP contribution in [0.25, 0.3) is 0 Å². The number of carbonyl (C=O) groups excluding carboxylic acids is 1. The second-order valence-electron chi connectivity index (χ2n) is 4.87. The zero-order valence-corrected chi connectivity index (χ0v) is 13.0. The molecule has 0 fully saturated rings. The van der Waals surface area contributed by atoms with Crippen molar-refractivity contribution >= 4 is 5.91 Å². The maximum atomic E-state index is 11.7. The van der Waals surface area contributed by atoms with Crippen molar-refractivity contribution in [3.8, 4) is 0 Å². The van der Waals surface area contributed by atoms with Crippen LogP contribution in [0, 0.1) is 0 Å². The van der Waals surface area contributed by atoms with Crippen LogP contribution in [0.2, 0.25) is 0 Å². The molecule has 0 aliphatic rings. The van der Waals surface area contributed by atoms with Gasteiger partial charge in [-0.1, -0.05) is 20.8 Å². The van der Waals surface area contributed by atoms with Gasteiger partial charge in [0.25, 0.3) is 0 Å². The maximum Gasteiger partial charge on any atom is 0.239 e. The minimum atomic E-state index is -0.464. The summed E-state index contributed by atoms with van der Waals surface area (Å²) in [6, 6.07) is -0.464. The number of nitrogens with zero attached hydrogens (tertiary/aromatic N) is 3. The van der Waals surface area contributed by atoms with Gasteiger partial charge in [-0.05, 0) is 19.5 Å². The summed E-state index contributed by atoms with van der Waals surface area (Å²) in [5.74, 6) is -0.354. The number of aryl methyl sites for hydroxylation is 2. The molecule has 1 aromatic rings. The summed E-state index contributed by atoms with van der Waals surface area (Å²) < 4.78 is 1.73. The van der Waals surface area contributed by atoms with Crippen LogP contribution in [0.3, 0.4) is 0 Å². The van der Waals surface area contributed by atoms with Crippen molar-refractivity contribution in [3.05, 3.63) is 17.5 Å². The van der Waals surface area contributed by atoms with Crippen LogP contribution in [-0.4, -0.2) is 46.8 Å². The number of nitrogens with one attached hydrogen (secondary N) is 1. The molecule has 1 atom stereocenters. The Morgan fingerprint density at radius 3 is 2.60 bits per heavy atom. The van der Waals surface area contributed by atoms with E-state index in [0.29, 0.717) is 0 Å². The molecule has 1 unspecified atom stereocenters. The van der Waals surface area contributed by atoms with Gasteiger partial charge in [0, 0.05) is 31.9 Å². The molecule has 1 heterocycles. The van der Waals surface area contributed by atoms with Gasteiger partial charge >= 0.3 is 0 Å². The van der Waals surface area contributed by atoms with Crippen molar-refractivity contribution in [1.29, 1.82) is 0 Å². The molecule has 1 aromatic heterocycles. The molecule has 0 saturated carbocycles. The molecular formula is C14H27N5O. The number of hydrogen-bond acceptors (Lipinski definition) is 4. The molecule has 3 N–H and O–H groups in total. The first-order valence-electron chi connectivity index (χ1n) is 7.30. The highest BCUT2D eigenvalue weighted by Crippen LogP contribution is 2.17. The Morgan fingerprint density at radius 1 is 1.45 bits per heavy atom. The molecule has 0 bridgehead atoms. The fourth-order valence-electron chi connectivity index (χ4n) is 2.34. The molecule has 1 rings (SSSR count). The van der Waals surface area contributed by atoms with E-state index in [1.165, 1.54) is 0 Å². The number of nitrogens with two attached hydrogens (primary N) is 1. The zero-order chi connectivity index (χ0) is 15.1. The summed E-state index contributed by atoms with van der Waals surface area (Å²) in [7, 11) is 1.86. The largest absolute Gasteiger partial charge is 0.368 e.